The zero-order valence-electron chi connectivity index (χ0n) is 13.9. The van der Waals surface area contributed by atoms with Gasteiger partial charge in [0, 0.05) is 43.8 Å². The van der Waals surface area contributed by atoms with Gasteiger partial charge in [-0.2, -0.15) is 0 Å². The number of hydrogen-bond donors (Lipinski definition) is 0. The van der Waals surface area contributed by atoms with E-state index in [-0.39, 0.29) is 0 Å². The molecule has 0 aromatic heterocycles. The Hall–Kier alpha value is -1.35. The average molecular weight is 300 g/mol. The molecule has 1 atom stereocenters. The Balaban J connectivity index is 1.61. The van der Waals surface area contributed by atoms with E-state index in [0.29, 0.717) is 6.04 Å². The van der Waals surface area contributed by atoms with Gasteiger partial charge in [-0.1, -0.05) is 6.07 Å². The molecular weight excluding hydrogens is 272 g/mol. The quantitative estimate of drug-likeness (QED) is 0.771. The second-order valence-electron chi connectivity index (χ2n) is 6.72. The molecule has 0 bridgehead atoms. The molecule has 2 heterocycles. The minimum absolute atomic E-state index is 0.625. The van der Waals surface area contributed by atoms with E-state index in [1.165, 1.54) is 42.6 Å². The van der Waals surface area contributed by atoms with Crippen molar-refractivity contribution in [3.63, 3.8) is 0 Å². The SMILES string of the molecule is CC1CCc2c(/N=C/CCC3CCOCC3)cccc2N1C. The smallest absolute Gasteiger partial charge is 0.0678 e. The number of benzene rings is 1. The van der Waals surface area contributed by atoms with Crippen LogP contribution in [0.2, 0.25) is 0 Å². The maximum absolute atomic E-state index is 5.42. The summed E-state index contributed by atoms with van der Waals surface area (Å²) in [6, 6.07) is 7.15. The van der Waals surface area contributed by atoms with Crippen LogP contribution in [0.1, 0.15) is 44.6 Å². The largest absolute Gasteiger partial charge is 0.381 e. The molecular formula is C19H28N2O. The number of nitrogens with zero attached hydrogens (tertiary/aromatic N) is 2. The summed E-state index contributed by atoms with van der Waals surface area (Å²) in [5.74, 6) is 0.830. The first kappa shape index (κ1) is 15.5. The molecule has 3 nitrogen and oxygen atoms in total. The predicted octanol–water partition coefficient (Wildman–Crippen LogP) is 4.37. The number of anilines is 1. The molecule has 1 fully saturated rings. The van der Waals surface area contributed by atoms with Gasteiger partial charge in [0.25, 0.3) is 0 Å². The molecule has 1 saturated heterocycles. The standard InChI is InChI=1S/C19H28N2O/c1-15-8-9-17-18(6-3-7-19(17)21(15)2)20-12-4-5-16-10-13-22-14-11-16/h3,6-7,12,15-16H,4-5,8-11,13-14H2,1-2H3/b20-12+. The van der Waals surface area contributed by atoms with E-state index in [0.717, 1.165) is 32.0 Å². The first-order valence-corrected chi connectivity index (χ1v) is 8.70. The molecule has 0 amide bonds. The molecule has 0 spiro atoms. The van der Waals surface area contributed by atoms with Crippen molar-refractivity contribution in [3.8, 4) is 0 Å². The molecule has 1 aromatic rings. The first-order valence-electron chi connectivity index (χ1n) is 8.70. The minimum atomic E-state index is 0.625. The first-order chi connectivity index (χ1) is 10.8. The Bertz CT molecular complexity index is 520. The number of fused-ring (bicyclic) bond motifs is 1. The number of aliphatic imine (C=N–C) groups is 1. The van der Waals surface area contributed by atoms with Crippen molar-refractivity contribution >= 4 is 17.6 Å². The van der Waals surface area contributed by atoms with Crippen LogP contribution in [0.25, 0.3) is 0 Å². The van der Waals surface area contributed by atoms with Crippen molar-refractivity contribution in [2.75, 3.05) is 25.2 Å². The highest BCUT2D eigenvalue weighted by molar-refractivity contribution is 5.71. The third-order valence-electron chi connectivity index (χ3n) is 5.26. The van der Waals surface area contributed by atoms with Crippen molar-refractivity contribution in [3.05, 3.63) is 23.8 Å². The summed E-state index contributed by atoms with van der Waals surface area (Å²) in [6.45, 7) is 4.18. The van der Waals surface area contributed by atoms with Gasteiger partial charge >= 0.3 is 0 Å². The lowest BCUT2D eigenvalue weighted by molar-refractivity contribution is 0.0646. The summed E-state index contributed by atoms with van der Waals surface area (Å²) in [6.07, 6.45) is 9.27. The van der Waals surface area contributed by atoms with Crippen molar-refractivity contribution in [2.45, 2.75) is 51.5 Å². The van der Waals surface area contributed by atoms with E-state index in [9.17, 15) is 0 Å². The third kappa shape index (κ3) is 3.52. The zero-order chi connectivity index (χ0) is 15.4. The lowest BCUT2D eigenvalue weighted by atomic mass is 9.95. The summed E-state index contributed by atoms with van der Waals surface area (Å²) >= 11 is 0. The van der Waals surface area contributed by atoms with Crippen LogP contribution < -0.4 is 4.90 Å². The Kier molecular flexibility index (Phi) is 5.14. The van der Waals surface area contributed by atoms with Gasteiger partial charge in [-0.3, -0.25) is 4.99 Å². The van der Waals surface area contributed by atoms with Gasteiger partial charge < -0.3 is 9.64 Å². The van der Waals surface area contributed by atoms with E-state index >= 15 is 0 Å². The van der Waals surface area contributed by atoms with Crippen LogP contribution in [0.3, 0.4) is 0 Å². The van der Waals surface area contributed by atoms with Crippen LogP contribution >= 0.6 is 0 Å². The molecule has 22 heavy (non-hydrogen) atoms. The second-order valence-corrected chi connectivity index (χ2v) is 6.72. The topological polar surface area (TPSA) is 24.8 Å². The summed E-state index contributed by atoms with van der Waals surface area (Å²) in [5.41, 5.74) is 3.95. The van der Waals surface area contributed by atoms with Crippen LogP contribution in [0.15, 0.2) is 23.2 Å². The van der Waals surface area contributed by atoms with Crippen LogP contribution in [0.4, 0.5) is 11.4 Å². The van der Waals surface area contributed by atoms with E-state index in [2.05, 4.69) is 43.3 Å². The van der Waals surface area contributed by atoms with Gasteiger partial charge in [0.05, 0.1) is 5.69 Å². The van der Waals surface area contributed by atoms with Crippen LogP contribution in [0.5, 0.6) is 0 Å². The van der Waals surface area contributed by atoms with Gasteiger partial charge in [0.1, 0.15) is 0 Å². The maximum Gasteiger partial charge on any atom is 0.0678 e. The Morgan fingerprint density at radius 3 is 2.91 bits per heavy atom. The molecule has 0 radical (unpaired) electrons. The van der Waals surface area contributed by atoms with Crippen LogP contribution in [0, 0.1) is 5.92 Å². The Morgan fingerprint density at radius 1 is 1.27 bits per heavy atom. The van der Waals surface area contributed by atoms with Crippen LogP contribution in [-0.4, -0.2) is 32.5 Å². The third-order valence-corrected chi connectivity index (χ3v) is 5.26. The zero-order valence-corrected chi connectivity index (χ0v) is 13.9. The highest BCUT2D eigenvalue weighted by Gasteiger charge is 2.21. The monoisotopic (exact) mass is 300 g/mol. The highest BCUT2D eigenvalue weighted by atomic mass is 16.5. The van der Waals surface area contributed by atoms with Gasteiger partial charge in [-0.05, 0) is 63.5 Å². The molecule has 0 N–H and O–H groups in total. The van der Waals surface area contributed by atoms with Crippen molar-refractivity contribution in [1.82, 2.24) is 0 Å². The molecule has 3 rings (SSSR count). The van der Waals surface area contributed by atoms with E-state index in [1.54, 1.807) is 0 Å². The van der Waals surface area contributed by atoms with E-state index in [1.807, 2.05) is 0 Å². The summed E-state index contributed by atoms with van der Waals surface area (Å²) < 4.78 is 5.42. The Labute approximate surface area is 134 Å². The summed E-state index contributed by atoms with van der Waals surface area (Å²) in [5, 5.41) is 0. The molecule has 2 aliphatic heterocycles. The predicted molar refractivity (Wildman–Crippen MR) is 93.6 cm³/mol. The van der Waals surface area contributed by atoms with Gasteiger partial charge in [0.15, 0.2) is 0 Å². The molecule has 0 saturated carbocycles. The van der Waals surface area contributed by atoms with Gasteiger partial charge in [0.2, 0.25) is 0 Å². The molecule has 3 heteroatoms. The van der Waals surface area contributed by atoms with E-state index < -0.39 is 0 Å². The molecule has 0 aliphatic carbocycles. The van der Waals surface area contributed by atoms with Gasteiger partial charge in [-0.25, -0.2) is 0 Å². The fraction of sp³-hybridized carbons (Fsp3) is 0.632. The Morgan fingerprint density at radius 2 is 2.09 bits per heavy atom. The number of ether oxygens (including phenoxy) is 1. The van der Waals surface area contributed by atoms with E-state index in [4.69, 9.17) is 9.73 Å². The summed E-state index contributed by atoms with van der Waals surface area (Å²) in [7, 11) is 2.20. The molecule has 120 valence electrons. The van der Waals surface area contributed by atoms with Gasteiger partial charge in [-0.15, -0.1) is 0 Å². The van der Waals surface area contributed by atoms with Crippen molar-refractivity contribution in [1.29, 1.82) is 0 Å². The maximum atomic E-state index is 5.42. The minimum Gasteiger partial charge on any atom is -0.381 e. The average Bonchev–Trinajstić information content (AvgIpc) is 2.56. The summed E-state index contributed by atoms with van der Waals surface area (Å²) in [4.78, 5) is 7.17. The normalized spacial score (nSPS) is 23.0. The van der Waals surface area contributed by atoms with Crippen molar-refractivity contribution < 1.29 is 4.74 Å². The molecule has 1 aromatic carbocycles. The molecule has 2 aliphatic rings. The fourth-order valence-corrected chi connectivity index (χ4v) is 3.56. The fourth-order valence-electron chi connectivity index (χ4n) is 3.56. The molecule has 1 unspecified atom stereocenters. The number of rotatable bonds is 4. The number of hydrogen-bond acceptors (Lipinski definition) is 3. The lowest BCUT2D eigenvalue weighted by Crippen LogP contribution is -2.33. The highest BCUT2D eigenvalue weighted by Crippen LogP contribution is 2.35. The second kappa shape index (κ2) is 7.28. The lowest BCUT2D eigenvalue weighted by Gasteiger charge is -2.34. The van der Waals surface area contributed by atoms with Crippen LogP contribution in [-0.2, 0) is 11.2 Å². The van der Waals surface area contributed by atoms with Crippen molar-refractivity contribution in [2.24, 2.45) is 10.9 Å².